The van der Waals surface area contributed by atoms with E-state index in [9.17, 15) is 15.0 Å². The van der Waals surface area contributed by atoms with Gasteiger partial charge in [0.25, 0.3) is 0 Å². The molecule has 0 radical (unpaired) electrons. The lowest BCUT2D eigenvalue weighted by Crippen LogP contribution is -2.53. The van der Waals surface area contributed by atoms with Crippen LogP contribution in [0.15, 0.2) is 84.4 Å². The van der Waals surface area contributed by atoms with Crippen LogP contribution in [-0.4, -0.2) is 52.2 Å². The first kappa shape index (κ1) is 31.0. The zero-order chi connectivity index (χ0) is 30.7. The lowest BCUT2D eigenvalue weighted by atomic mass is 9.64. The van der Waals surface area contributed by atoms with E-state index in [1.165, 1.54) is 24.8 Å². The molecule has 2 N–H and O–H groups in total. The molecule has 232 valence electrons. The van der Waals surface area contributed by atoms with E-state index < -0.39 is 11.7 Å². The summed E-state index contributed by atoms with van der Waals surface area (Å²) in [5.74, 6) is 0.0862. The third-order valence-electron chi connectivity index (χ3n) is 11.1. The van der Waals surface area contributed by atoms with Crippen LogP contribution >= 0.6 is 0 Å². The van der Waals surface area contributed by atoms with Crippen LogP contribution in [0.25, 0.3) is 11.1 Å². The number of carbonyl (C=O) groups excluding carboxylic acids is 1. The summed E-state index contributed by atoms with van der Waals surface area (Å²) in [6.07, 6.45) is 11.0. The van der Waals surface area contributed by atoms with Crippen molar-refractivity contribution in [2.75, 3.05) is 19.6 Å². The minimum Gasteiger partial charge on any atom is -0.393 e. The minimum absolute atomic E-state index is 0.0209. The molecule has 0 spiro atoms. The number of allylic oxidation sites excluding steroid dienone is 2. The van der Waals surface area contributed by atoms with Gasteiger partial charge in [-0.1, -0.05) is 91.7 Å². The second kappa shape index (κ2) is 13.1. The van der Waals surface area contributed by atoms with E-state index in [1.807, 2.05) is 48.5 Å². The van der Waals surface area contributed by atoms with E-state index in [-0.39, 0.29) is 17.1 Å². The molecule has 1 aliphatic heterocycles. The summed E-state index contributed by atoms with van der Waals surface area (Å²) in [5, 5.41) is 23.5. The van der Waals surface area contributed by atoms with Gasteiger partial charge < -0.3 is 15.1 Å². The molecule has 4 nitrogen and oxygen atoms in total. The smallest absolute Gasteiger partial charge is 0.193 e. The highest BCUT2D eigenvalue weighted by atomic mass is 16.3. The van der Waals surface area contributed by atoms with Crippen LogP contribution in [0, 0.1) is 5.41 Å². The summed E-state index contributed by atoms with van der Waals surface area (Å²) in [5.41, 5.74) is 5.77. The van der Waals surface area contributed by atoms with Gasteiger partial charge in [0.1, 0.15) is 0 Å². The third kappa shape index (κ3) is 6.36. The van der Waals surface area contributed by atoms with Gasteiger partial charge in [-0.05, 0) is 112 Å². The maximum absolute atomic E-state index is 14.4. The number of carbonyl (C=O) groups is 1. The van der Waals surface area contributed by atoms with Gasteiger partial charge in [-0.25, -0.2) is 0 Å². The number of likely N-dealkylation sites (tertiary alicyclic amines) is 1. The Morgan fingerprint density at radius 1 is 0.909 bits per heavy atom. The molecule has 0 aromatic heterocycles. The van der Waals surface area contributed by atoms with E-state index in [0.717, 1.165) is 73.0 Å². The fourth-order valence-electron chi connectivity index (χ4n) is 8.28. The maximum Gasteiger partial charge on any atom is 0.193 e. The first-order valence-corrected chi connectivity index (χ1v) is 16.9. The number of aliphatic hydroxyl groups is 2. The highest BCUT2D eigenvalue weighted by molar-refractivity contribution is 6.10. The van der Waals surface area contributed by atoms with Crippen molar-refractivity contribution in [2.45, 2.75) is 95.7 Å². The molecular weight excluding hydrogens is 542 g/mol. The molecule has 1 saturated carbocycles. The predicted molar refractivity (Wildman–Crippen MR) is 179 cm³/mol. The number of fused-ring (bicyclic) bond motifs is 8. The van der Waals surface area contributed by atoms with Gasteiger partial charge in [-0.2, -0.15) is 0 Å². The van der Waals surface area contributed by atoms with Crippen molar-refractivity contribution in [1.82, 2.24) is 4.90 Å². The molecule has 0 unspecified atom stereocenters. The molecule has 2 bridgehead atoms. The Hall–Kier alpha value is -3.05. The van der Waals surface area contributed by atoms with Crippen molar-refractivity contribution in [3.63, 3.8) is 0 Å². The van der Waals surface area contributed by atoms with Crippen LogP contribution in [0.4, 0.5) is 0 Å². The summed E-state index contributed by atoms with van der Waals surface area (Å²) in [4.78, 5) is 16.9. The molecule has 2 fully saturated rings. The van der Waals surface area contributed by atoms with Gasteiger partial charge >= 0.3 is 0 Å². The van der Waals surface area contributed by atoms with Gasteiger partial charge in [0, 0.05) is 23.1 Å². The maximum atomic E-state index is 14.4. The standard InChI is InChI=1S/C40H49NO3/c1-29-10-9-22-39(2)37(21-23-40(39,44)28-41-24-7-4-8-25-41)35-20-14-30(26-34(42)19-13-29)27-36(35)38(43)33-17-15-32(16-18-33)31-11-5-3-6-12-31/h3,5-6,10-12,14-18,20,27,34,37,42,44H,4,7-9,13,19,21-26,28H2,1-2H3/t34-,37-,39-,40+/m0/s1. The lowest BCUT2D eigenvalue weighted by Gasteiger charge is -2.46. The topological polar surface area (TPSA) is 60.8 Å². The van der Waals surface area contributed by atoms with Crippen LogP contribution in [0.2, 0.25) is 0 Å². The number of benzene rings is 3. The Labute approximate surface area is 263 Å². The van der Waals surface area contributed by atoms with E-state index in [0.29, 0.717) is 24.9 Å². The summed E-state index contributed by atoms with van der Waals surface area (Å²) in [6, 6.07) is 24.5. The Balaban J connectivity index is 1.40. The van der Waals surface area contributed by atoms with Gasteiger partial charge in [0.2, 0.25) is 0 Å². The molecular formula is C40H49NO3. The highest BCUT2D eigenvalue weighted by Gasteiger charge is 2.57. The van der Waals surface area contributed by atoms with Crippen molar-refractivity contribution in [3.8, 4) is 11.1 Å². The molecule has 7 rings (SSSR count). The van der Waals surface area contributed by atoms with Crippen molar-refractivity contribution < 1.29 is 15.0 Å². The number of nitrogens with zero attached hydrogens (tertiary/aromatic N) is 1. The number of piperidine rings is 1. The lowest BCUT2D eigenvalue weighted by molar-refractivity contribution is -0.0857. The van der Waals surface area contributed by atoms with Gasteiger partial charge in [0.15, 0.2) is 5.78 Å². The van der Waals surface area contributed by atoms with Crippen LogP contribution < -0.4 is 0 Å². The number of aliphatic hydroxyl groups excluding tert-OH is 1. The number of ketones is 1. The molecule has 44 heavy (non-hydrogen) atoms. The SMILES string of the molecule is CC1=CCC[C@@]2(C)[C@@H](CC[C@@]2(O)CN2CCCCC2)c2ccc(cc2C(=O)c2ccc(-c3ccccc3)cc2)C[C@@H](O)CC1. The van der Waals surface area contributed by atoms with Gasteiger partial charge in [-0.3, -0.25) is 4.79 Å². The van der Waals surface area contributed by atoms with Crippen molar-refractivity contribution in [2.24, 2.45) is 5.41 Å². The predicted octanol–water partition coefficient (Wildman–Crippen LogP) is 8.11. The molecule has 0 amide bonds. The summed E-state index contributed by atoms with van der Waals surface area (Å²) >= 11 is 0. The number of β-amino-alcohol motifs (C(OH)–C–C–N with tert-alkyl or cyclic N) is 1. The zero-order valence-corrected chi connectivity index (χ0v) is 26.6. The zero-order valence-electron chi connectivity index (χ0n) is 26.6. The first-order chi connectivity index (χ1) is 21.3. The molecule has 4 aliphatic rings. The van der Waals surface area contributed by atoms with E-state index >= 15 is 0 Å². The van der Waals surface area contributed by atoms with E-state index in [4.69, 9.17) is 0 Å². The monoisotopic (exact) mass is 591 g/mol. The molecule has 3 aromatic rings. The Morgan fingerprint density at radius 2 is 1.64 bits per heavy atom. The summed E-state index contributed by atoms with van der Waals surface area (Å²) in [6.45, 7) is 7.28. The quantitative estimate of drug-likeness (QED) is 0.232. The second-order valence-corrected chi connectivity index (χ2v) is 14.1. The van der Waals surface area contributed by atoms with Crippen molar-refractivity contribution in [3.05, 3.63) is 107 Å². The van der Waals surface area contributed by atoms with Crippen molar-refractivity contribution in [1.29, 1.82) is 0 Å². The molecule has 3 aliphatic carbocycles. The van der Waals surface area contributed by atoms with Gasteiger partial charge in [-0.15, -0.1) is 0 Å². The minimum atomic E-state index is -0.819. The fourth-order valence-corrected chi connectivity index (χ4v) is 8.28. The van der Waals surface area contributed by atoms with Crippen LogP contribution in [0.5, 0.6) is 0 Å². The summed E-state index contributed by atoms with van der Waals surface area (Å²) in [7, 11) is 0. The van der Waals surface area contributed by atoms with Crippen LogP contribution in [0.1, 0.15) is 105 Å². The third-order valence-corrected chi connectivity index (χ3v) is 11.1. The van der Waals surface area contributed by atoms with E-state index in [1.54, 1.807) is 0 Å². The second-order valence-electron chi connectivity index (χ2n) is 14.1. The average molecular weight is 592 g/mol. The first-order valence-electron chi connectivity index (χ1n) is 16.9. The molecule has 4 heteroatoms. The molecule has 1 heterocycles. The molecule has 4 atom stereocenters. The average Bonchev–Trinajstić information content (AvgIpc) is 3.29. The highest BCUT2D eigenvalue weighted by Crippen LogP contribution is 2.59. The number of rotatable bonds is 5. The fraction of sp³-hybridized carbons (Fsp3) is 0.475. The largest absolute Gasteiger partial charge is 0.393 e. The Bertz CT molecular complexity index is 1470. The van der Waals surface area contributed by atoms with Crippen LogP contribution in [0.3, 0.4) is 0 Å². The van der Waals surface area contributed by atoms with Crippen LogP contribution in [-0.2, 0) is 6.42 Å². The Kier molecular flexibility index (Phi) is 9.23. The van der Waals surface area contributed by atoms with E-state index in [2.05, 4.69) is 49.1 Å². The molecule has 1 saturated heterocycles. The molecule has 3 aromatic carbocycles. The number of hydrogen-bond donors (Lipinski definition) is 2. The Morgan fingerprint density at radius 3 is 2.39 bits per heavy atom. The number of hydrogen-bond acceptors (Lipinski definition) is 4. The normalized spacial score (nSPS) is 28.2. The van der Waals surface area contributed by atoms with Crippen molar-refractivity contribution >= 4 is 5.78 Å². The van der Waals surface area contributed by atoms with Gasteiger partial charge in [0.05, 0.1) is 11.7 Å². The summed E-state index contributed by atoms with van der Waals surface area (Å²) < 4.78 is 0.